The molecule has 0 aromatic heterocycles. The number of aliphatic hydroxyl groups is 1. The molecule has 1 aliphatic rings. The molecule has 0 saturated carbocycles. The first-order chi connectivity index (χ1) is 9.65. The van der Waals surface area contributed by atoms with E-state index in [0.717, 1.165) is 26.2 Å². The van der Waals surface area contributed by atoms with Crippen molar-refractivity contribution in [3.05, 3.63) is 30.3 Å². The lowest BCUT2D eigenvalue weighted by Crippen LogP contribution is -2.49. The Morgan fingerprint density at radius 2 is 1.71 bits per heavy atom. The van der Waals surface area contributed by atoms with Crippen LogP contribution in [0.4, 0.5) is 5.69 Å². The fourth-order valence-corrected chi connectivity index (χ4v) is 2.48. The third-order valence-electron chi connectivity index (χ3n) is 3.58. The minimum absolute atomic E-state index is 0. The number of ether oxygens (including phenoxy) is 1. The molecule has 5 heteroatoms. The maximum absolute atomic E-state index is 9.95. The molecule has 1 aliphatic heterocycles. The van der Waals surface area contributed by atoms with Crippen LogP contribution in [-0.2, 0) is 4.74 Å². The van der Waals surface area contributed by atoms with Crippen molar-refractivity contribution < 1.29 is 9.84 Å². The Balaban J connectivity index is 0.00000220. The van der Waals surface area contributed by atoms with Crippen LogP contribution in [0.5, 0.6) is 0 Å². The molecule has 0 spiro atoms. The molecular weight excluding hydrogens is 288 g/mol. The Morgan fingerprint density at radius 3 is 2.29 bits per heavy atom. The SMILES string of the molecule is CC(C)OCC(O)CN1CCN(c2ccccc2)CC1.Cl. The standard InChI is InChI=1S/C16H26N2O2.ClH/c1-14(2)20-13-16(19)12-17-8-10-18(11-9-17)15-6-4-3-5-7-15;/h3-7,14,16,19H,8-13H2,1-2H3;1H. The Bertz CT molecular complexity index is 381. The zero-order chi connectivity index (χ0) is 14.4. The summed E-state index contributed by atoms with van der Waals surface area (Å²) in [5, 5.41) is 9.95. The van der Waals surface area contributed by atoms with Crippen LogP contribution < -0.4 is 4.90 Å². The number of hydrogen-bond acceptors (Lipinski definition) is 4. The highest BCUT2D eigenvalue weighted by Crippen LogP contribution is 2.15. The van der Waals surface area contributed by atoms with Gasteiger partial charge in [-0.05, 0) is 26.0 Å². The van der Waals surface area contributed by atoms with E-state index in [1.165, 1.54) is 5.69 Å². The number of hydrogen-bond donors (Lipinski definition) is 1. The van der Waals surface area contributed by atoms with E-state index in [1.54, 1.807) is 0 Å². The maximum atomic E-state index is 9.95. The molecule has 4 nitrogen and oxygen atoms in total. The number of para-hydroxylation sites is 1. The monoisotopic (exact) mass is 314 g/mol. The summed E-state index contributed by atoms with van der Waals surface area (Å²) in [6.07, 6.45) is -0.208. The Morgan fingerprint density at radius 1 is 1.10 bits per heavy atom. The van der Waals surface area contributed by atoms with Crippen LogP contribution in [-0.4, -0.2) is 61.5 Å². The smallest absolute Gasteiger partial charge is 0.0900 e. The van der Waals surface area contributed by atoms with Gasteiger partial charge in [0, 0.05) is 38.4 Å². The molecule has 1 unspecified atom stereocenters. The van der Waals surface area contributed by atoms with Crippen molar-refractivity contribution in [2.24, 2.45) is 0 Å². The summed E-state index contributed by atoms with van der Waals surface area (Å²) >= 11 is 0. The van der Waals surface area contributed by atoms with Gasteiger partial charge in [0.2, 0.25) is 0 Å². The fraction of sp³-hybridized carbons (Fsp3) is 0.625. The quantitative estimate of drug-likeness (QED) is 0.871. The molecule has 0 amide bonds. The molecule has 120 valence electrons. The molecule has 21 heavy (non-hydrogen) atoms. The second-order valence-corrected chi connectivity index (χ2v) is 5.66. The van der Waals surface area contributed by atoms with Crippen LogP contribution in [0.2, 0.25) is 0 Å². The summed E-state index contributed by atoms with van der Waals surface area (Å²) in [7, 11) is 0. The Hall–Kier alpha value is -0.810. The van der Waals surface area contributed by atoms with Crippen molar-refractivity contribution in [2.45, 2.75) is 26.1 Å². The molecular formula is C16H27ClN2O2. The highest BCUT2D eigenvalue weighted by molar-refractivity contribution is 5.85. The van der Waals surface area contributed by atoms with Gasteiger partial charge in [0.1, 0.15) is 0 Å². The summed E-state index contributed by atoms with van der Waals surface area (Å²) < 4.78 is 5.45. The van der Waals surface area contributed by atoms with Gasteiger partial charge in [-0.2, -0.15) is 0 Å². The van der Waals surface area contributed by atoms with E-state index in [0.29, 0.717) is 13.2 Å². The first kappa shape index (κ1) is 18.2. The predicted octanol–water partition coefficient (Wildman–Crippen LogP) is 2.02. The molecule has 0 aliphatic carbocycles. The first-order valence-corrected chi connectivity index (χ1v) is 7.47. The van der Waals surface area contributed by atoms with Crippen molar-refractivity contribution in [1.29, 1.82) is 0 Å². The lowest BCUT2D eigenvalue weighted by atomic mass is 10.2. The molecule has 1 fully saturated rings. The molecule has 1 aromatic carbocycles. The topological polar surface area (TPSA) is 35.9 Å². The number of benzene rings is 1. The normalized spacial score (nSPS) is 17.6. The third kappa shape index (κ3) is 6.22. The first-order valence-electron chi connectivity index (χ1n) is 7.47. The summed E-state index contributed by atoms with van der Waals surface area (Å²) in [6, 6.07) is 10.5. The number of rotatable bonds is 6. The number of aliphatic hydroxyl groups excluding tert-OH is 1. The Labute approximate surface area is 134 Å². The maximum Gasteiger partial charge on any atom is 0.0900 e. The minimum Gasteiger partial charge on any atom is -0.389 e. The van der Waals surface area contributed by atoms with E-state index in [4.69, 9.17) is 4.74 Å². The second-order valence-electron chi connectivity index (χ2n) is 5.66. The van der Waals surface area contributed by atoms with Gasteiger partial charge in [0.05, 0.1) is 18.8 Å². The van der Waals surface area contributed by atoms with Gasteiger partial charge in [0.15, 0.2) is 0 Å². The lowest BCUT2D eigenvalue weighted by Gasteiger charge is -2.36. The average Bonchev–Trinajstić information content (AvgIpc) is 2.47. The van der Waals surface area contributed by atoms with E-state index in [2.05, 4.69) is 34.1 Å². The average molecular weight is 315 g/mol. The fourth-order valence-electron chi connectivity index (χ4n) is 2.48. The van der Waals surface area contributed by atoms with E-state index in [1.807, 2.05) is 19.9 Å². The van der Waals surface area contributed by atoms with E-state index < -0.39 is 0 Å². The summed E-state index contributed by atoms with van der Waals surface area (Å²) in [6.45, 7) is 9.13. The Kier molecular flexibility index (Phi) is 8.04. The van der Waals surface area contributed by atoms with Gasteiger partial charge < -0.3 is 14.7 Å². The van der Waals surface area contributed by atoms with Crippen molar-refractivity contribution in [3.8, 4) is 0 Å². The molecule has 1 heterocycles. The number of piperazine rings is 1. The third-order valence-corrected chi connectivity index (χ3v) is 3.58. The molecule has 1 aromatic rings. The van der Waals surface area contributed by atoms with Crippen molar-refractivity contribution in [1.82, 2.24) is 4.90 Å². The number of nitrogens with zero attached hydrogens (tertiary/aromatic N) is 2. The van der Waals surface area contributed by atoms with E-state index in [-0.39, 0.29) is 24.6 Å². The van der Waals surface area contributed by atoms with Crippen LogP contribution in [0, 0.1) is 0 Å². The predicted molar refractivity (Wildman–Crippen MR) is 89.4 cm³/mol. The van der Waals surface area contributed by atoms with Gasteiger partial charge in [-0.25, -0.2) is 0 Å². The van der Waals surface area contributed by atoms with Crippen molar-refractivity contribution >= 4 is 18.1 Å². The molecule has 1 N–H and O–H groups in total. The van der Waals surface area contributed by atoms with Crippen LogP contribution in [0.3, 0.4) is 0 Å². The molecule has 1 saturated heterocycles. The van der Waals surface area contributed by atoms with E-state index in [9.17, 15) is 5.11 Å². The summed E-state index contributed by atoms with van der Waals surface area (Å²) in [5.41, 5.74) is 1.29. The second kappa shape index (κ2) is 9.26. The van der Waals surface area contributed by atoms with Gasteiger partial charge >= 0.3 is 0 Å². The zero-order valence-electron chi connectivity index (χ0n) is 12.9. The number of anilines is 1. The molecule has 0 radical (unpaired) electrons. The van der Waals surface area contributed by atoms with Gasteiger partial charge in [-0.15, -0.1) is 12.4 Å². The largest absolute Gasteiger partial charge is 0.389 e. The van der Waals surface area contributed by atoms with Gasteiger partial charge in [0.25, 0.3) is 0 Å². The number of halogens is 1. The number of β-amino-alcohol motifs (C(OH)–C–C–N with tert-alkyl or cyclic N) is 1. The minimum atomic E-state index is -0.388. The summed E-state index contributed by atoms with van der Waals surface area (Å²) in [4.78, 5) is 4.71. The van der Waals surface area contributed by atoms with Gasteiger partial charge in [-0.1, -0.05) is 18.2 Å². The van der Waals surface area contributed by atoms with Crippen LogP contribution in [0.1, 0.15) is 13.8 Å². The van der Waals surface area contributed by atoms with Gasteiger partial charge in [-0.3, -0.25) is 4.90 Å². The zero-order valence-corrected chi connectivity index (χ0v) is 13.8. The molecule has 0 bridgehead atoms. The van der Waals surface area contributed by atoms with Crippen LogP contribution in [0.25, 0.3) is 0 Å². The van der Waals surface area contributed by atoms with Crippen molar-refractivity contribution in [2.75, 3.05) is 44.2 Å². The molecule has 1 atom stereocenters. The summed E-state index contributed by atoms with van der Waals surface area (Å²) in [5.74, 6) is 0. The molecule has 2 rings (SSSR count). The van der Waals surface area contributed by atoms with E-state index >= 15 is 0 Å². The van der Waals surface area contributed by atoms with Crippen LogP contribution >= 0.6 is 12.4 Å². The highest BCUT2D eigenvalue weighted by Gasteiger charge is 2.19. The van der Waals surface area contributed by atoms with Crippen molar-refractivity contribution in [3.63, 3.8) is 0 Å². The lowest BCUT2D eigenvalue weighted by molar-refractivity contribution is -0.00899. The highest BCUT2D eigenvalue weighted by atomic mass is 35.5. The van der Waals surface area contributed by atoms with Crippen LogP contribution in [0.15, 0.2) is 30.3 Å².